The highest BCUT2D eigenvalue weighted by molar-refractivity contribution is 6.08. The molecule has 4 heterocycles. The van der Waals surface area contributed by atoms with Crippen molar-refractivity contribution in [1.29, 1.82) is 10.5 Å². The van der Waals surface area contributed by atoms with Crippen LogP contribution in [0.4, 0.5) is 23.4 Å². The molecule has 0 fully saturated rings. The number of carbonyl (C=O) groups excluding carboxylic acids is 1. The van der Waals surface area contributed by atoms with E-state index < -0.39 is 41.8 Å². The number of anilines is 1. The number of carbonyl (C=O) groups is 1. The number of aryl methyl sites for hydroxylation is 1. The van der Waals surface area contributed by atoms with Gasteiger partial charge in [-0.25, -0.2) is 19.2 Å². The van der Waals surface area contributed by atoms with E-state index in [0.29, 0.717) is 44.8 Å². The van der Waals surface area contributed by atoms with Gasteiger partial charge in [0.15, 0.2) is 17.7 Å². The van der Waals surface area contributed by atoms with E-state index in [4.69, 9.17) is 0 Å². The van der Waals surface area contributed by atoms with Crippen molar-refractivity contribution in [3.05, 3.63) is 54.5 Å². The Morgan fingerprint density at radius 1 is 1.14 bits per heavy atom. The highest BCUT2D eigenvalue weighted by atomic mass is 19.4. The van der Waals surface area contributed by atoms with Crippen molar-refractivity contribution in [3.8, 4) is 34.5 Å². The third-order valence-corrected chi connectivity index (χ3v) is 7.64. The predicted molar refractivity (Wildman–Crippen MR) is 152 cm³/mol. The molecular formula is C30H26F4N9O+. The summed E-state index contributed by atoms with van der Waals surface area (Å²) in [5, 5.41) is 24.0. The summed E-state index contributed by atoms with van der Waals surface area (Å²) in [5.41, 5.74) is 0.559. The second-order valence-electron chi connectivity index (χ2n) is 11.0. The molecule has 1 aliphatic heterocycles. The number of amides is 1. The average molecular weight is 605 g/mol. The molecule has 3 atom stereocenters. The number of aromatic nitrogens is 5. The van der Waals surface area contributed by atoms with Crippen molar-refractivity contribution in [1.82, 2.24) is 24.7 Å². The summed E-state index contributed by atoms with van der Waals surface area (Å²) in [7, 11) is 1.64. The van der Waals surface area contributed by atoms with Crippen LogP contribution in [0.15, 0.2) is 43.0 Å². The zero-order valence-corrected chi connectivity index (χ0v) is 24.1. The molecule has 4 aromatic rings. The molecule has 5 rings (SSSR count). The maximum Gasteiger partial charge on any atom is 0.407 e. The molecule has 44 heavy (non-hydrogen) atoms. The lowest BCUT2D eigenvalue weighted by molar-refractivity contribution is -0.489. The minimum absolute atomic E-state index is 0.149. The van der Waals surface area contributed by atoms with Gasteiger partial charge in [-0.05, 0) is 38.5 Å². The number of fused-ring (bicyclic) bond motifs is 1. The Morgan fingerprint density at radius 3 is 2.50 bits per heavy atom. The van der Waals surface area contributed by atoms with Gasteiger partial charge in [0.2, 0.25) is 0 Å². The van der Waals surface area contributed by atoms with E-state index in [2.05, 4.69) is 26.1 Å². The Balaban J connectivity index is 1.68. The Bertz CT molecular complexity index is 1900. The van der Waals surface area contributed by atoms with Crippen LogP contribution in [0.3, 0.4) is 0 Å². The minimum Gasteiger partial charge on any atom is -0.337 e. The van der Waals surface area contributed by atoms with Crippen molar-refractivity contribution in [2.24, 2.45) is 12.5 Å². The molecule has 14 heteroatoms. The smallest absolute Gasteiger partial charge is 0.337 e. The van der Waals surface area contributed by atoms with Crippen LogP contribution in [0.2, 0.25) is 0 Å². The van der Waals surface area contributed by atoms with Crippen molar-refractivity contribution in [3.63, 3.8) is 0 Å². The van der Waals surface area contributed by atoms with E-state index in [0.717, 1.165) is 13.1 Å². The van der Waals surface area contributed by atoms with E-state index >= 15 is 0 Å². The fourth-order valence-electron chi connectivity index (χ4n) is 5.48. The second-order valence-corrected chi connectivity index (χ2v) is 11.0. The van der Waals surface area contributed by atoms with Crippen LogP contribution in [0.25, 0.3) is 33.3 Å². The van der Waals surface area contributed by atoms with E-state index in [1.54, 1.807) is 45.2 Å². The first-order valence-electron chi connectivity index (χ1n) is 13.5. The number of rotatable bonds is 5. The van der Waals surface area contributed by atoms with Crippen molar-refractivity contribution < 1.29 is 26.9 Å². The Hall–Kier alpha value is -5.24. The number of nitriles is 2. The molecule has 224 valence electrons. The van der Waals surface area contributed by atoms with Gasteiger partial charge in [-0.2, -0.15) is 33.4 Å². The zero-order chi connectivity index (χ0) is 32.0. The number of halogens is 4. The summed E-state index contributed by atoms with van der Waals surface area (Å²) in [6.07, 6.45) is -0.859. The lowest BCUT2D eigenvalue weighted by atomic mass is 9.86. The van der Waals surface area contributed by atoms with E-state index in [1.807, 2.05) is 4.90 Å². The Kier molecular flexibility index (Phi) is 7.63. The quantitative estimate of drug-likeness (QED) is 0.235. The highest BCUT2D eigenvalue weighted by Crippen LogP contribution is 2.40. The molecule has 0 aliphatic carbocycles. The normalized spacial score (nSPS) is 18.3. The largest absolute Gasteiger partial charge is 0.407 e. The van der Waals surface area contributed by atoms with E-state index in [1.165, 1.54) is 34.1 Å². The standard InChI is InChI=1S/C30H26F4N9O/c1-17-13-43(28(44)29(3,15-36)14-30(32,33)34)18(2)12-42(17)27-25-22(19-7-20(31)11-37-10-19)5-6-23(26(25)38-16-39-27)24-8-21(9-35)41(4)40-24/h5-8,10-11,13,16-18H,12,14H2,1-4H3/q+1/t17-,18+,29-/m0/s1. The first-order valence-corrected chi connectivity index (χ1v) is 13.5. The van der Waals surface area contributed by atoms with Crippen LogP contribution in [0.1, 0.15) is 32.9 Å². The maximum absolute atomic E-state index is 14.3. The summed E-state index contributed by atoms with van der Waals surface area (Å²) in [6.45, 7) is 4.56. The molecule has 10 nitrogen and oxygen atoms in total. The number of hydrogen-bond donors (Lipinski definition) is 0. The predicted octanol–water partition coefficient (Wildman–Crippen LogP) is 4.79. The van der Waals surface area contributed by atoms with Crippen molar-refractivity contribution in [2.45, 2.75) is 45.5 Å². The van der Waals surface area contributed by atoms with E-state index in [9.17, 15) is 32.9 Å². The van der Waals surface area contributed by atoms with Crippen LogP contribution in [-0.2, 0) is 11.8 Å². The Morgan fingerprint density at radius 2 is 1.86 bits per heavy atom. The summed E-state index contributed by atoms with van der Waals surface area (Å²) in [4.78, 5) is 28.3. The van der Waals surface area contributed by atoms with Crippen molar-refractivity contribution in [2.75, 3.05) is 11.4 Å². The third kappa shape index (κ3) is 5.46. The minimum atomic E-state index is -4.71. The molecule has 1 amide bonds. The van der Waals surface area contributed by atoms with Gasteiger partial charge in [0.25, 0.3) is 0 Å². The van der Waals surface area contributed by atoms with Crippen LogP contribution in [0.5, 0.6) is 0 Å². The molecule has 0 saturated heterocycles. The molecule has 0 spiro atoms. The molecule has 3 aromatic heterocycles. The summed E-state index contributed by atoms with van der Waals surface area (Å²) >= 11 is 0. The molecule has 0 saturated carbocycles. The van der Waals surface area contributed by atoms with Crippen molar-refractivity contribution >= 4 is 28.8 Å². The van der Waals surface area contributed by atoms with E-state index in [-0.39, 0.29) is 6.54 Å². The monoisotopic (exact) mass is 604 g/mol. The summed E-state index contributed by atoms with van der Waals surface area (Å²) in [6, 6.07) is 8.91. The van der Waals surface area contributed by atoms with Gasteiger partial charge in [0.1, 0.15) is 35.8 Å². The van der Waals surface area contributed by atoms with Gasteiger partial charge < -0.3 is 4.90 Å². The average Bonchev–Trinajstić information content (AvgIpc) is 3.36. The molecule has 0 radical (unpaired) electrons. The number of pyridine rings is 1. The fourth-order valence-corrected chi connectivity index (χ4v) is 5.48. The maximum atomic E-state index is 14.3. The van der Waals surface area contributed by atoms with Crippen LogP contribution in [0, 0.1) is 33.9 Å². The lowest BCUT2D eigenvalue weighted by Gasteiger charge is -2.34. The van der Waals surface area contributed by atoms with Gasteiger partial charge >= 0.3 is 12.1 Å². The second kappa shape index (κ2) is 11.1. The highest BCUT2D eigenvalue weighted by Gasteiger charge is 2.52. The molecule has 1 aromatic carbocycles. The van der Waals surface area contributed by atoms with Gasteiger partial charge in [-0.3, -0.25) is 9.67 Å². The zero-order valence-electron chi connectivity index (χ0n) is 24.1. The Labute approximate surface area is 249 Å². The number of nitrogens with zero attached hydrogens (tertiary/aromatic N) is 9. The molecule has 0 N–H and O–H groups in total. The summed E-state index contributed by atoms with van der Waals surface area (Å²) < 4.78 is 56.8. The first kappa shape index (κ1) is 30.2. The molecule has 1 aliphatic rings. The van der Waals surface area contributed by atoms with Crippen LogP contribution in [-0.4, -0.2) is 66.2 Å². The SMILES string of the molecule is C[C@@H]1CN(c2ncnc3c(-c4cc(C#N)n(C)n4)ccc(-c4cncc(F)c4)c23)[C@@H](C)C=[N+]1C(=O)[C@](C)(C#N)CC(F)(F)F. The molecular weight excluding hydrogens is 578 g/mol. The van der Waals surface area contributed by atoms with Crippen LogP contribution < -0.4 is 4.90 Å². The first-order chi connectivity index (χ1) is 20.8. The summed E-state index contributed by atoms with van der Waals surface area (Å²) in [5.74, 6) is -1.07. The number of hydrogen-bond acceptors (Lipinski definition) is 8. The fraction of sp³-hybridized carbons (Fsp3) is 0.333. The molecule has 0 bridgehead atoms. The van der Waals surface area contributed by atoms with Crippen LogP contribution >= 0.6 is 0 Å². The topological polar surface area (TPSA) is 127 Å². The number of benzene rings is 1. The molecule has 0 unspecified atom stereocenters. The van der Waals surface area contributed by atoms with Gasteiger partial charge in [0, 0.05) is 30.4 Å². The van der Waals surface area contributed by atoms with Gasteiger partial charge in [0.05, 0.1) is 41.8 Å². The van der Waals surface area contributed by atoms with Gasteiger partial charge in [-0.1, -0.05) is 6.07 Å². The van der Waals surface area contributed by atoms with Gasteiger partial charge in [-0.15, -0.1) is 0 Å². The third-order valence-electron chi connectivity index (χ3n) is 7.64. The number of alkyl halides is 3. The lowest BCUT2D eigenvalue weighted by Crippen LogP contribution is -2.55.